The lowest BCUT2D eigenvalue weighted by Crippen LogP contribution is -2.30. The molecule has 13 heteroatoms. The van der Waals surface area contributed by atoms with Crippen LogP contribution in [0, 0.1) is 5.92 Å². The van der Waals surface area contributed by atoms with Crippen molar-refractivity contribution >= 4 is 31.5 Å². The van der Waals surface area contributed by atoms with Gasteiger partial charge in [0.25, 0.3) is 9.84 Å². The van der Waals surface area contributed by atoms with Crippen LogP contribution in [0.15, 0.2) is 47.4 Å². The molecule has 0 saturated heterocycles. The van der Waals surface area contributed by atoms with Crippen molar-refractivity contribution < 1.29 is 39.9 Å². The van der Waals surface area contributed by atoms with Gasteiger partial charge in [-0.15, -0.1) is 0 Å². The molecule has 2 aromatic rings. The molecule has 192 valence electrons. The van der Waals surface area contributed by atoms with Crippen molar-refractivity contribution in [3.8, 4) is 0 Å². The highest BCUT2D eigenvalue weighted by molar-refractivity contribution is 7.92. The number of halogens is 3. The molecular formula is C22H25F3N2O6S2. The number of sulfonamides is 1. The Morgan fingerprint density at radius 1 is 1.14 bits per heavy atom. The highest BCUT2D eigenvalue weighted by atomic mass is 32.2. The lowest BCUT2D eigenvalue weighted by molar-refractivity contribution is -0.123. The maximum Gasteiger partial charge on any atom is 0.501 e. The minimum absolute atomic E-state index is 0.225. The summed E-state index contributed by atoms with van der Waals surface area (Å²) in [5, 5.41) is 12.4. The molecule has 0 aromatic heterocycles. The largest absolute Gasteiger partial charge is 0.501 e. The first-order chi connectivity index (χ1) is 16.0. The van der Waals surface area contributed by atoms with Crippen LogP contribution in [0.2, 0.25) is 0 Å². The first-order valence-corrected chi connectivity index (χ1v) is 13.8. The summed E-state index contributed by atoms with van der Waals surface area (Å²) < 4.78 is 86.6. The molecule has 0 spiro atoms. The van der Waals surface area contributed by atoms with E-state index in [1.807, 2.05) is 0 Å². The van der Waals surface area contributed by atoms with E-state index in [1.165, 1.54) is 18.2 Å². The topological polar surface area (TPSA) is 130 Å². The first kappa shape index (κ1) is 27.0. The molecule has 0 radical (unpaired) electrons. The van der Waals surface area contributed by atoms with E-state index in [-0.39, 0.29) is 11.6 Å². The van der Waals surface area contributed by atoms with Crippen molar-refractivity contribution in [3.63, 3.8) is 0 Å². The number of sulfone groups is 1. The summed E-state index contributed by atoms with van der Waals surface area (Å²) in [6.45, 7) is 3.06. The van der Waals surface area contributed by atoms with Crippen LogP contribution in [0.5, 0.6) is 0 Å². The average molecular weight is 535 g/mol. The highest BCUT2D eigenvalue weighted by Gasteiger charge is 2.56. The van der Waals surface area contributed by atoms with Crippen LogP contribution in [-0.2, 0) is 36.7 Å². The molecule has 0 heterocycles. The molecule has 3 N–H and O–H groups in total. The predicted molar refractivity (Wildman–Crippen MR) is 123 cm³/mol. The zero-order valence-electron chi connectivity index (χ0n) is 19.0. The zero-order valence-corrected chi connectivity index (χ0v) is 20.7. The normalized spacial score (nSPS) is 21.3. The van der Waals surface area contributed by atoms with E-state index in [1.54, 1.807) is 26.0 Å². The Bertz CT molecular complexity index is 1340. The Labute approximate surface area is 201 Å². The maximum atomic E-state index is 12.8. The fourth-order valence-corrected chi connectivity index (χ4v) is 5.29. The summed E-state index contributed by atoms with van der Waals surface area (Å²) in [6, 6.07) is 8.55. The molecule has 1 fully saturated rings. The van der Waals surface area contributed by atoms with Gasteiger partial charge < -0.3 is 10.4 Å². The second kappa shape index (κ2) is 9.10. The molecule has 0 bridgehead atoms. The van der Waals surface area contributed by atoms with Gasteiger partial charge in [0.05, 0.1) is 29.5 Å². The van der Waals surface area contributed by atoms with E-state index >= 15 is 0 Å². The van der Waals surface area contributed by atoms with Gasteiger partial charge in [-0.25, -0.2) is 16.8 Å². The number of carbonyl (C=O) groups is 1. The van der Waals surface area contributed by atoms with Gasteiger partial charge in [0, 0.05) is 16.9 Å². The summed E-state index contributed by atoms with van der Waals surface area (Å²) in [4.78, 5) is 12.0. The fraction of sp³-hybridized carbons (Fsp3) is 0.409. The summed E-state index contributed by atoms with van der Waals surface area (Å²) in [7, 11) is -8.99. The van der Waals surface area contributed by atoms with Crippen molar-refractivity contribution in [1.82, 2.24) is 5.32 Å². The van der Waals surface area contributed by atoms with Gasteiger partial charge in [0.15, 0.2) is 0 Å². The van der Waals surface area contributed by atoms with E-state index in [2.05, 4.69) is 10.0 Å². The summed E-state index contributed by atoms with van der Waals surface area (Å²) >= 11 is 0. The Kier molecular flexibility index (Phi) is 7.01. The maximum absolute atomic E-state index is 12.8. The fourth-order valence-electron chi connectivity index (χ4n) is 3.93. The zero-order chi connectivity index (χ0) is 26.4. The third-order valence-corrected chi connectivity index (χ3v) is 8.23. The predicted octanol–water partition coefficient (Wildman–Crippen LogP) is 3.00. The van der Waals surface area contributed by atoms with Crippen molar-refractivity contribution in [2.45, 2.75) is 48.7 Å². The minimum atomic E-state index is -5.45. The van der Waals surface area contributed by atoms with E-state index < -0.39 is 54.2 Å². The smallest absolute Gasteiger partial charge is 0.392 e. The van der Waals surface area contributed by atoms with Crippen molar-refractivity contribution in [2.75, 3.05) is 11.0 Å². The minimum Gasteiger partial charge on any atom is -0.392 e. The number of rotatable bonds is 8. The Hall–Kier alpha value is -2.64. The van der Waals surface area contributed by atoms with Gasteiger partial charge in [-0.2, -0.15) is 13.2 Å². The molecule has 2 aromatic carbocycles. The van der Waals surface area contributed by atoms with Crippen molar-refractivity contribution in [1.29, 1.82) is 0 Å². The third kappa shape index (κ3) is 5.62. The quantitative estimate of drug-likeness (QED) is 0.478. The van der Waals surface area contributed by atoms with E-state index in [9.17, 15) is 39.9 Å². The van der Waals surface area contributed by atoms with Crippen LogP contribution in [0.25, 0.3) is 0 Å². The van der Waals surface area contributed by atoms with Crippen LogP contribution in [0.1, 0.15) is 43.0 Å². The first-order valence-electron chi connectivity index (χ1n) is 10.4. The second-order valence-corrected chi connectivity index (χ2v) is 12.5. The van der Waals surface area contributed by atoms with Crippen molar-refractivity contribution in [2.24, 2.45) is 5.92 Å². The molecule has 1 aliphatic rings. The van der Waals surface area contributed by atoms with Gasteiger partial charge >= 0.3 is 5.51 Å². The van der Waals surface area contributed by atoms with Gasteiger partial charge in [-0.1, -0.05) is 25.1 Å². The van der Waals surface area contributed by atoms with Crippen LogP contribution in [-0.4, -0.2) is 39.6 Å². The number of hydrogen-bond donors (Lipinski definition) is 3. The van der Waals surface area contributed by atoms with Gasteiger partial charge in [-0.3, -0.25) is 9.52 Å². The lowest BCUT2D eigenvalue weighted by Gasteiger charge is -2.18. The Balaban J connectivity index is 1.71. The molecular weight excluding hydrogens is 509 g/mol. The standard InChI is InChI=1S/C22H25F3N2O6S2/c1-13(14-4-9-19(15(10-14)12-28)27-34(3,30)31)26-20(29)18-11-21(18,2)16-5-7-17(8-6-16)35(32,33)22(23,24)25/h4-10,13,18,27-28H,11-12H2,1-3H3,(H,26,29)/t13-,18?,21?/m1/s1. The number of nitrogens with one attached hydrogen (secondary N) is 2. The Morgan fingerprint density at radius 2 is 1.74 bits per heavy atom. The molecule has 2 unspecified atom stereocenters. The molecule has 1 aliphatic carbocycles. The molecule has 8 nitrogen and oxygen atoms in total. The highest BCUT2D eigenvalue weighted by Crippen LogP contribution is 2.54. The molecule has 1 amide bonds. The van der Waals surface area contributed by atoms with Crippen LogP contribution in [0.4, 0.5) is 18.9 Å². The number of hydrogen-bond acceptors (Lipinski definition) is 6. The number of amides is 1. The monoisotopic (exact) mass is 534 g/mol. The van der Waals surface area contributed by atoms with Crippen LogP contribution < -0.4 is 10.0 Å². The molecule has 3 rings (SSSR count). The van der Waals surface area contributed by atoms with Crippen molar-refractivity contribution in [3.05, 3.63) is 59.2 Å². The number of anilines is 1. The Morgan fingerprint density at radius 3 is 2.26 bits per heavy atom. The van der Waals surface area contributed by atoms with E-state index in [0.29, 0.717) is 23.1 Å². The average Bonchev–Trinajstić information content (AvgIpc) is 3.45. The second-order valence-electron chi connectivity index (χ2n) is 8.83. The molecule has 0 aliphatic heterocycles. The summed E-state index contributed by atoms with van der Waals surface area (Å²) in [6.07, 6.45) is 1.41. The van der Waals surface area contributed by atoms with Gasteiger partial charge in [0.1, 0.15) is 0 Å². The van der Waals surface area contributed by atoms with Gasteiger partial charge in [-0.05, 0) is 48.7 Å². The number of carbonyl (C=O) groups excluding carboxylic acids is 1. The molecule has 1 saturated carbocycles. The van der Waals surface area contributed by atoms with E-state index in [4.69, 9.17) is 0 Å². The number of benzene rings is 2. The third-order valence-electron chi connectivity index (χ3n) is 6.14. The van der Waals surface area contributed by atoms with E-state index in [0.717, 1.165) is 18.4 Å². The summed E-state index contributed by atoms with van der Waals surface area (Å²) in [5.74, 6) is -0.769. The number of alkyl halides is 3. The van der Waals surface area contributed by atoms with Crippen LogP contribution >= 0.6 is 0 Å². The number of aliphatic hydroxyl groups is 1. The van der Waals surface area contributed by atoms with Crippen LogP contribution in [0.3, 0.4) is 0 Å². The summed E-state index contributed by atoms with van der Waals surface area (Å²) in [5.41, 5.74) is -4.33. The molecule has 3 atom stereocenters. The molecule has 35 heavy (non-hydrogen) atoms. The lowest BCUT2D eigenvalue weighted by atomic mass is 9.95. The SMILES string of the molecule is C[C@@H](NC(=O)C1CC1(C)c1ccc(S(=O)(=O)C(F)(F)F)cc1)c1ccc(NS(C)(=O)=O)c(CO)c1. The van der Waals surface area contributed by atoms with Gasteiger partial charge in [0.2, 0.25) is 15.9 Å². The number of aliphatic hydroxyl groups excluding tert-OH is 1.